The van der Waals surface area contributed by atoms with E-state index in [4.69, 9.17) is 13.9 Å². The molecule has 212 valence electrons. The first-order valence-corrected chi connectivity index (χ1v) is 16.2. The Labute approximate surface area is 235 Å². The number of carbonyl (C=O) groups is 2. The second kappa shape index (κ2) is 11.6. The molecule has 2 aliphatic heterocycles. The molecule has 2 aromatic carbocycles. The highest BCUT2D eigenvalue weighted by atomic mass is 28.4. The number of carbonyl (C=O) groups excluding carboxylic acids is 2. The van der Waals surface area contributed by atoms with Gasteiger partial charge in [0.15, 0.2) is 0 Å². The van der Waals surface area contributed by atoms with Crippen LogP contribution in [0, 0.1) is 11.8 Å². The Hall–Kier alpha value is -2.48. The lowest BCUT2D eigenvalue weighted by molar-refractivity contribution is -0.136. The maximum atomic E-state index is 13.3. The Bertz CT molecular complexity index is 1090. The Morgan fingerprint density at radius 2 is 1.62 bits per heavy atom. The standard InChI is InChI=1S/C32H45NO5Si/c1-23(2)28-22-36-30(35)33(28)29(34)24(3)20-32(7)19-18-25(38-32)21-37-39(31(4,5)6,26-14-10-8-11-15-26)27-16-12-9-13-17-27/h8-17,23-25,28H,18-22H2,1-7H3/t24-,25-,28+,32-/m1/s1. The number of hydrogen-bond donors (Lipinski definition) is 0. The molecule has 0 spiro atoms. The van der Waals surface area contributed by atoms with E-state index in [-0.39, 0.29) is 41.5 Å². The van der Waals surface area contributed by atoms with Gasteiger partial charge < -0.3 is 13.9 Å². The predicted octanol–water partition coefficient (Wildman–Crippen LogP) is 5.53. The van der Waals surface area contributed by atoms with Crippen LogP contribution in [-0.4, -0.2) is 56.2 Å². The fourth-order valence-electron chi connectivity index (χ4n) is 6.39. The first-order chi connectivity index (χ1) is 18.4. The molecule has 2 fully saturated rings. The van der Waals surface area contributed by atoms with Gasteiger partial charge >= 0.3 is 6.09 Å². The molecule has 2 saturated heterocycles. The lowest BCUT2D eigenvalue weighted by atomic mass is 9.89. The largest absolute Gasteiger partial charge is 0.447 e. The maximum absolute atomic E-state index is 13.3. The normalized spacial score (nSPS) is 24.7. The van der Waals surface area contributed by atoms with E-state index in [0.29, 0.717) is 13.0 Å². The van der Waals surface area contributed by atoms with Crippen LogP contribution in [0.15, 0.2) is 60.7 Å². The molecule has 2 heterocycles. The summed E-state index contributed by atoms with van der Waals surface area (Å²) in [6, 6.07) is 21.1. The number of rotatable bonds is 9. The highest BCUT2D eigenvalue weighted by Gasteiger charge is 2.51. The van der Waals surface area contributed by atoms with Crippen molar-refractivity contribution in [3.05, 3.63) is 60.7 Å². The van der Waals surface area contributed by atoms with Gasteiger partial charge in [-0.25, -0.2) is 9.69 Å². The van der Waals surface area contributed by atoms with E-state index in [0.717, 1.165) is 12.8 Å². The zero-order valence-electron chi connectivity index (χ0n) is 24.6. The van der Waals surface area contributed by atoms with E-state index in [1.165, 1.54) is 15.3 Å². The maximum Gasteiger partial charge on any atom is 0.416 e. The van der Waals surface area contributed by atoms with Gasteiger partial charge in [-0.3, -0.25) is 4.79 Å². The Morgan fingerprint density at radius 1 is 1.05 bits per heavy atom. The number of hydrogen-bond acceptors (Lipinski definition) is 5. The second-order valence-electron chi connectivity index (χ2n) is 12.9. The van der Waals surface area contributed by atoms with Crippen molar-refractivity contribution < 1.29 is 23.5 Å². The number of nitrogens with zero attached hydrogens (tertiary/aromatic N) is 1. The van der Waals surface area contributed by atoms with Crippen LogP contribution in [0.25, 0.3) is 0 Å². The summed E-state index contributed by atoms with van der Waals surface area (Å²) in [5.41, 5.74) is -0.453. The predicted molar refractivity (Wildman–Crippen MR) is 157 cm³/mol. The van der Waals surface area contributed by atoms with E-state index in [9.17, 15) is 9.59 Å². The Balaban J connectivity index is 1.48. The summed E-state index contributed by atoms with van der Waals surface area (Å²) < 4.78 is 18.9. The van der Waals surface area contributed by atoms with E-state index in [2.05, 4.69) is 88.4 Å². The van der Waals surface area contributed by atoms with Crippen LogP contribution in [0.1, 0.15) is 67.7 Å². The third-order valence-corrected chi connectivity index (χ3v) is 13.4. The number of amides is 2. The van der Waals surface area contributed by atoms with Crippen molar-refractivity contribution >= 4 is 30.7 Å². The molecular weight excluding hydrogens is 506 g/mol. The average molecular weight is 552 g/mol. The minimum absolute atomic E-state index is 0.0564. The number of benzene rings is 2. The van der Waals surface area contributed by atoms with Gasteiger partial charge in [0, 0.05) is 5.92 Å². The zero-order chi connectivity index (χ0) is 28.4. The molecule has 39 heavy (non-hydrogen) atoms. The van der Waals surface area contributed by atoms with Crippen molar-refractivity contribution in [2.75, 3.05) is 13.2 Å². The summed E-state index contributed by atoms with van der Waals surface area (Å²) in [7, 11) is -2.65. The van der Waals surface area contributed by atoms with E-state index in [1.807, 2.05) is 20.8 Å². The lowest BCUT2D eigenvalue weighted by Gasteiger charge is -2.43. The highest BCUT2D eigenvalue weighted by molar-refractivity contribution is 6.99. The molecule has 0 saturated carbocycles. The van der Waals surface area contributed by atoms with Crippen LogP contribution < -0.4 is 10.4 Å². The first-order valence-electron chi connectivity index (χ1n) is 14.3. The van der Waals surface area contributed by atoms with Gasteiger partial charge in [-0.2, -0.15) is 0 Å². The molecule has 4 rings (SSSR count). The fourth-order valence-corrected chi connectivity index (χ4v) is 11.0. The molecule has 2 aromatic rings. The van der Waals surface area contributed by atoms with Crippen LogP contribution in [-0.2, 0) is 18.7 Å². The van der Waals surface area contributed by atoms with E-state index < -0.39 is 20.0 Å². The summed E-state index contributed by atoms with van der Waals surface area (Å²) in [6.45, 7) is 15.6. The zero-order valence-corrected chi connectivity index (χ0v) is 25.6. The second-order valence-corrected chi connectivity index (χ2v) is 17.2. The van der Waals surface area contributed by atoms with Crippen molar-refractivity contribution in [2.24, 2.45) is 11.8 Å². The van der Waals surface area contributed by atoms with Crippen LogP contribution in [0.4, 0.5) is 4.79 Å². The third kappa shape index (κ3) is 6.00. The van der Waals surface area contributed by atoms with E-state index in [1.54, 1.807) is 0 Å². The topological polar surface area (TPSA) is 65.1 Å². The quantitative estimate of drug-likeness (QED) is 0.384. The van der Waals surface area contributed by atoms with E-state index >= 15 is 0 Å². The van der Waals surface area contributed by atoms with Gasteiger partial charge in [-0.1, -0.05) is 102 Å². The van der Waals surface area contributed by atoms with Crippen molar-refractivity contribution in [3.63, 3.8) is 0 Å². The molecule has 0 aromatic heterocycles. The van der Waals surface area contributed by atoms with Gasteiger partial charge in [0.1, 0.15) is 6.61 Å². The van der Waals surface area contributed by atoms with Gasteiger partial charge in [0.2, 0.25) is 5.91 Å². The first kappa shape index (κ1) is 29.5. The number of ether oxygens (including phenoxy) is 2. The lowest BCUT2D eigenvalue weighted by Crippen LogP contribution is -2.67. The summed E-state index contributed by atoms with van der Waals surface area (Å²) in [6.07, 6.45) is 1.68. The van der Waals surface area contributed by atoms with Gasteiger partial charge in [-0.05, 0) is 47.5 Å². The van der Waals surface area contributed by atoms with Crippen molar-refractivity contribution in [1.82, 2.24) is 4.90 Å². The molecule has 7 heteroatoms. The molecule has 6 nitrogen and oxygen atoms in total. The van der Waals surface area contributed by atoms with Crippen LogP contribution in [0.5, 0.6) is 0 Å². The molecule has 0 radical (unpaired) electrons. The van der Waals surface area contributed by atoms with Crippen molar-refractivity contribution in [3.8, 4) is 0 Å². The average Bonchev–Trinajstić information content (AvgIpc) is 3.46. The monoisotopic (exact) mass is 551 g/mol. The fraction of sp³-hybridized carbons (Fsp3) is 0.562. The summed E-state index contributed by atoms with van der Waals surface area (Å²) in [4.78, 5) is 27.0. The van der Waals surface area contributed by atoms with Gasteiger partial charge in [-0.15, -0.1) is 0 Å². The minimum Gasteiger partial charge on any atom is -0.447 e. The van der Waals surface area contributed by atoms with Crippen molar-refractivity contribution in [1.29, 1.82) is 0 Å². The van der Waals surface area contributed by atoms with Crippen LogP contribution in [0.3, 0.4) is 0 Å². The molecule has 0 aliphatic carbocycles. The SMILES string of the molecule is CC(C)[C@@H]1COC(=O)N1C(=O)[C@H](C)C[C@@]1(C)CC[C@H](CO[Si](c2ccccc2)(c2ccccc2)C(C)(C)C)O1. The summed E-state index contributed by atoms with van der Waals surface area (Å²) in [5, 5.41) is 2.40. The smallest absolute Gasteiger partial charge is 0.416 e. The highest BCUT2D eigenvalue weighted by Crippen LogP contribution is 2.40. The third-order valence-electron chi connectivity index (χ3n) is 8.42. The minimum atomic E-state index is -2.65. The van der Waals surface area contributed by atoms with Crippen molar-refractivity contribution in [2.45, 2.75) is 90.5 Å². The van der Waals surface area contributed by atoms with Crippen LogP contribution in [0.2, 0.25) is 5.04 Å². The van der Waals surface area contributed by atoms with Gasteiger partial charge in [0.05, 0.1) is 24.4 Å². The molecule has 4 atom stereocenters. The number of imide groups is 1. The molecular formula is C32H45NO5Si. The molecule has 0 bridgehead atoms. The van der Waals surface area contributed by atoms with Crippen LogP contribution >= 0.6 is 0 Å². The molecule has 2 amide bonds. The molecule has 0 N–H and O–H groups in total. The molecule has 0 unspecified atom stereocenters. The van der Waals surface area contributed by atoms with Gasteiger partial charge in [0.25, 0.3) is 8.32 Å². The Morgan fingerprint density at radius 3 is 2.13 bits per heavy atom. The number of cyclic esters (lactones) is 1. The Kier molecular flexibility index (Phi) is 8.74. The summed E-state index contributed by atoms with van der Waals surface area (Å²) in [5.74, 6) is -0.375. The molecule has 2 aliphatic rings. The summed E-state index contributed by atoms with van der Waals surface area (Å²) >= 11 is 0.